The van der Waals surface area contributed by atoms with Crippen molar-refractivity contribution in [3.05, 3.63) is 91.0 Å². The summed E-state index contributed by atoms with van der Waals surface area (Å²) in [5.74, 6) is 0.916. The third-order valence-corrected chi connectivity index (χ3v) is 5.12. The summed E-state index contributed by atoms with van der Waals surface area (Å²) in [6, 6.07) is 32.2. The van der Waals surface area contributed by atoms with E-state index in [-0.39, 0.29) is 0 Å². The first kappa shape index (κ1) is 16.6. The molecule has 5 aromatic carbocycles. The van der Waals surface area contributed by atoms with Crippen LogP contribution < -0.4 is 10.1 Å². The van der Waals surface area contributed by atoms with Crippen molar-refractivity contribution in [2.24, 2.45) is 0 Å². The Morgan fingerprint density at radius 3 is 1.93 bits per heavy atom. The largest absolute Gasteiger partial charge is 0.494 e. The molecule has 136 valence electrons. The van der Waals surface area contributed by atoms with Crippen molar-refractivity contribution in [1.29, 1.82) is 0 Å². The second-order valence-corrected chi connectivity index (χ2v) is 7.04. The highest BCUT2D eigenvalue weighted by Gasteiger charge is 2.03. The van der Waals surface area contributed by atoms with Crippen molar-refractivity contribution < 1.29 is 4.74 Å². The zero-order chi connectivity index (χ0) is 18.9. The summed E-state index contributed by atoms with van der Waals surface area (Å²) in [4.78, 5) is 0. The number of hydrogen-bond acceptors (Lipinski definition) is 2. The van der Waals surface area contributed by atoms with Crippen molar-refractivity contribution in [2.45, 2.75) is 6.92 Å². The van der Waals surface area contributed by atoms with Crippen molar-refractivity contribution >= 4 is 43.7 Å². The van der Waals surface area contributed by atoms with Gasteiger partial charge < -0.3 is 10.1 Å². The van der Waals surface area contributed by atoms with Crippen molar-refractivity contribution in [2.75, 3.05) is 11.9 Å². The lowest BCUT2D eigenvalue weighted by Crippen LogP contribution is -1.91. The predicted molar refractivity (Wildman–Crippen MR) is 120 cm³/mol. The first-order valence-electron chi connectivity index (χ1n) is 9.65. The van der Waals surface area contributed by atoms with E-state index in [2.05, 4.69) is 90.2 Å². The quantitative estimate of drug-likeness (QED) is 0.339. The van der Waals surface area contributed by atoms with E-state index in [1.54, 1.807) is 0 Å². The summed E-state index contributed by atoms with van der Waals surface area (Å²) in [7, 11) is 0. The highest BCUT2D eigenvalue weighted by atomic mass is 16.5. The Balaban J connectivity index is 1.52. The molecule has 0 aliphatic carbocycles. The van der Waals surface area contributed by atoms with Crippen LogP contribution in [0.5, 0.6) is 5.75 Å². The molecule has 0 fully saturated rings. The van der Waals surface area contributed by atoms with Gasteiger partial charge in [-0.05, 0) is 87.8 Å². The molecule has 5 rings (SSSR count). The van der Waals surface area contributed by atoms with Crippen LogP contribution in [-0.2, 0) is 0 Å². The van der Waals surface area contributed by atoms with Gasteiger partial charge in [-0.15, -0.1) is 0 Å². The molecule has 5 aromatic rings. The van der Waals surface area contributed by atoms with E-state index in [9.17, 15) is 0 Å². The minimum Gasteiger partial charge on any atom is -0.494 e. The summed E-state index contributed by atoms with van der Waals surface area (Å²) in [6.45, 7) is 2.69. The van der Waals surface area contributed by atoms with E-state index >= 15 is 0 Å². The minimum absolute atomic E-state index is 0.679. The summed E-state index contributed by atoms with van der Waals surface area (Å²) in [6.07, 6.45) is 0. The first-order valence-corrected chi connectivity index (χ1v) is 9.65. The smallest absolute Gasteiger partial charge is 0.119 e. The first-order chi connectivity index (χ1) is 13.8. The van der Waals surface area contributed by atoms with Crippen LogP contribution in [0.3, 0.4) is 0 Å². The lowest BCUT2D eigenvalue weighted by molar-refractivity contribution is 0.341. The molecule has 0 aliphatic rings. The normalized spacial score (nSPS) is 11.2. The number of ether oxygens (including phenoxy) is 1. The van der Waals surface area contributed by atoms with Crippen LogP contribution in [0.15, 0.2) is 91.0 Å². The van der Waals surface area contributed by atoms with E-state index in [1.165, 1.54) is 32.3 Å². The highest BCUT2D eigenvalue weighted by molar-refractivity contribution is 6.00. The Kier molecular flexibility index (Phi) is 4.10. The average molecular weight is 363 g/mol. The van der Waals surface area contributed by atoms with Crippen LogP contribution in [0.4, 0.5) is 11.4 Å². The Labute approximate surface area is 164 Å². The molecule has 0 aliphatic heterocycles. The second kappa shape index (κ2) is 6.90. The zero-order valence-corrected chi connectivity index (χ0v) is 15.8. The standard InChI is InChI=1S/C26H21NO/c1-2-28-26-12-9-21-13-20-8-11-25(16-22(20)14-23(21)17-26)27-24-10-7-18-5-3-4-6-19(18)15-24/h3-17,27H,2H2,1H3. The molecule has 0 unspecified atom stereocenters. The van der Waals surface area contributed by atoms with Gasteiger partial charge in [0.25, 0.3) is 0 Å². The molecule has 0 spiro atoms. The molecule has 28 heavy (non-hydrogen) atoms. The molecule has 0 amide bonds. The van der Waals surface area contributed by atoms with Crippen LogP contribution >= 0.6 is 0 Å². The van der Waals surface area contributed by atoms with Gasteiger partial charge in [-0.2, -0.15) is 0 Å². The summed E-state index contributed by atoms with van der Waals surface area (Å²) in [5.41, 5.74) is 2.18. The maximum atomic E-state index is 5.65. The highest BCUT2D eigenvalue weighted by Crippen LogP contribution is 2.29. The van der Waals surface area contributed by atoms with Gasteiger partial charge in [-0.3, -0.25) is 0 Å². The van der Waals surface area contributed by atoms with E-state index < -0.39 is 0 Å². The molecule has 2 nitrogen and oxygen atoms in total. The Hall–Kier alpha value is -3.52. The van der Waals surface area contributed by atoms with Gasteiger partial charge in [0.15, 0.2) is 0 Å². The summed E-state index contributed by atoms with van der Waals surface area (Å²) < 4.78 is 5.65. The van der Waals surface area contributed by atoms with Gasteiger partial charge in [-0.25, -0.2) is 0 Å². The van der Waals surface area contributed by atoms with Crippen LogP contribution in [0, 0.1) is 0 Å². The zero-order valence-electron chi connectivity index (χ0n) is 15.8. The Morgan fingerprint density at radius 1 is 0.571 bits per heavy atom. The number of hydrogen-bond donors (Lipinski definition) is 1. The van der Waals surface area contributed by atoms with Crippen LogP contribution in [0.25, 0.3) is 32.3 Å². The van der Waals surface area contributed by atoms with Crippen molar-refractivity contribution in [3.63, 3.8) is 0 Å². The molecule has 2 heteroatoms. The van der Waals surface area contributed by atoms with Crippen LogP contribution in [0.2, 0.25) is 0 Å². The maximum absolute atomic E-state index is 5.65. The lowest BCUT2D eigenvalue weighted by atomic mass is 10.0. The van der Waals surface area contributed by atoms with E-state index in [4.69, 9.17) is 4.74 Å². The minimum atomic E-state index is 0.679. The summed E-state index contributed by atoms with van der Waals surface area (Å²) >= 11 is 0. The van der Waals surface area contributed by atoms with Gasteiger partial charge in [0.05, 0.1) is 6.61 Å². The molecule has 0 aromatic heterocycles. The fraction of sp³-hybridized carbons (Fsp3) is 0.0769. The van der Waals surface area contributed by atoms with Gasteiger partial charge in [0, 0.05) is 11.4 Å². The lowest BCUT2D eigenvalue weighted by Gasteiger charge is -2.10. The number of rotatable bonds is 4. The fourth-order valence-corrected chi connectivity index (χ4v) is 3.74. The van der Waals surface area contributed by atoms with Crippen LogP contribution in [0.1, 0.15) is 6.92 Å². The number of nitrogens with one attached hydrogen (secondary N) is 1. The predicted octanol–water partition coefficient (Wildman–Crippen LogP) is 7.29. The van der Waals surface area contributed by atoms with Crippen molar-refractivity contribution in [3.8, 4) is 5.75 Å². The van der Waals surface area contributed by atoms with Crippen molar-refractivity contribution in [1.82, 2.24) is 0 Å². The third-order valence-electron chi connectivity index (χ3n) is 5.12. The number of fused-ring (bicyclic) bond motifs is 3. The second-order valence-electron chi connectivity index (χ2n) is 7.04. The third kappa shape index (κ3) is 3.14. The van der Waals surface area contributed by atoms with Gasteiger partial charge in [0.2, 0.25) is 0 Å². The van der Waals surface area contributed by atoms with E-state index in [0.29, 0.717) is 6.61 Å². The Morgan fingerprint density at radius 2 is 1.14 bits per heavy atom. The average Bonchev–Trinajstić information content (AvgIpc) is 2.72. The molecular weight excluding hydrogens is 342 g/mol. The SMILES string of the molecule is CCOc1ccc2cc3ccc(Nc4ccc5ccccc5c4)cc3cc2c1. The van der Waals surface area contributed by atoms with Gasteiger partial charge in [0.1, 0.15) is 5.75 Å². The molecule has 0 bridgehead atoms. The number of benzene rings is 5. The topological polar surface area (TPSA) is 21.3 Å². The molecule has 0 heterocycles. The monoisotopic (exact) mass is 363 g/mol. The molecule has 0 atom stereocenters. The molecular formula is C26H21NO. The van der Waals surface area contributed by atoms with Gasteiger partial charge in [-0.1, -0.05) is 42.5 Å². The summed E-state index contributed by atoms with van der Waals surface area (Å²) in [5, 5.41) is 10.9. The fourth-order valence-electron chi connectivity index (χ4n) is 3.74. The molecule has 0 saturated carbocycles. The maximum Gasteiger partial charge on any atom is 0.119 e. The molecule has 0 saturated heterocycles. The Bertz CT molecular complexity index is 1310. The van der Waals surface area contributed by atoms with E-state index in [1.807, 2.05) is 13.0 Å². The van der Waals surface area contributed by atoms with E-state index in [0.717, 1.165) is 17.1 Å². The number of anilines is 2. The molecule has 0 radical (unpaired) electrons. The molecule has 1 N–H and O–H groups in total. The van der Waals surface area contributed by atoms with Crippen LogP contribution in [-0.4, -0.2) is 6.61 Å². The van der Waals surface area contributed by atoms with Gasteiger partial charge >= 0.3 is 0 Å².